The van der Waals surface area contributed by atoms with E-state index in [0.29, 0.717) is 32.7 Å². The Morgan fingerprint density at radius 3 is 2.26 bits per heavy atom. The molecule has 0 spiro atoms. The summed E-state index contributed by atoms with van der Waals surface area (Å²) in [6.07, 6.45) is 0.924. The Balaban J connectivity index is 2.01. The number of esters is 1. The van der Waals surface area contributed by atoms with Crippen LogP contribution in [0.4, 0.5) is 8.78 Å². The van der Waals surface area contributed by atoms with Gasteiger partial charge in [0.25, 0.3) is 0 Å². The minimum atomic E-state index is -1.89. The molecule has 3 rings (SSSR count). The molecule has 11 heteroatoms. The van der Waals surface area contributed by atoms with Crippen molar-refractivity contribution in [3.63, 3.8) is 0 Å². The van der Waals surface area contributed by atoms with Gasteiger partial charge in [-0.15, -0.1) is 0 Å². The van der Waals surface area contributed by atoms with E-state index in [0.717, 1.165) is 6.07 Å². The molecular formula is C36H50Cl2F2N2O4Si. The number of carbonyl (C=O) groups is 1. The number of nitriles is 1. The van der Waals surface area contributed by atoms with Gasteiger partial charge in [-0.3, -0.25) is 10.1 Å². The number of hydrogen-bond donors (Lipinski definition) is 1. The molecule has 0 radical (unpaired) electrons. The summed E-state index contributed by atoms with van der Waals surface area (Å²) >= 11 is 12.4. The zero-order valence-corrected chi connectivity index (χ0v) is 31.8. The fourth-order valence-electron chi connectivity index (χ4n) is 5.96. The molecule has 6 nitrogen and oxygen atoms in total. The standard InChI is InChI=1S/C36H50Cl2F2N2O4Si/c1-33(2,3)46-32(43)31-29(24-12-11-13-26(38)30(24)40)36(22-41,25-15-14-23(37)20-27(25)39)28(42-31)21-35(7,8)16-17-44-18-19-45-47(9,10)34(4,5)6/h11-15,20,28-29,31,42H,16-19,21H2,1-10H3/t28-,29-,31+,36-/m0/s1. The Morgan fingerprint density at radius 1 is 1.02 bits per heavy atom. The first-order valence-electron chi connectivity index (χ1n) is 16.1. The molecule has 2 aromatic rings. The Morgan fingerprint density at radius 2 is 1.68 bits per heavy atom. The van der Waals surface area contributed by atoms with Gasteiger partial charge >= 0.3 is 5.97 Å². The molecule has 0 bridgehead atoms. The summed E-state index contributed by atoms with van der Waals surface area (Å²) in [7, 11) is -1.89. The smallest absolute Gasteiger partial charge is 0.324 e. The summed E-state index contributed by atoms with van der Waals surface area (Å²) in [6.45, 7) is 21.6. The topological polar surface area (TPSA) is 80.6 Å². The van der Waals surface area contributed by atoms with E-state index in [1.54, 1.807) is 26.8 Å². The number of hydrogen-bond acceptors (Lipinski definition) is 6. The largest absolute Gasteiger partial charge is 0.459 e. The molecule has 0 amide bonds. The predicted molar refractivity (Wildman–Crippen MR) is 186 cm³/mol. The zero-order chi connectivity index (χ0) is 35.6. The summed E-state index contributed by atoms with van der Waals surface area (Å²) in [6, 6.07) is 8.87. The van der Waals surface area contributed by atoms with E-state index in [2.05, 4.69) is 45.3 Å². The average molecular weight is 712 g/mol. The minimum absolute atomic E-state index is 0.00663. The molecule has 2 aromatic carbocycles. The van der Waals surface area contributed by atoms with Gasteiger partial charge < -0.3 is 13.9 Å². The van der Waals surface area contributed by atoms with Crippen molar-refractivity contribution in [2.75, 3.05) is 19.8 Å². The van der Waals surface area contributed by atoms with Crippen LogP contribution in [0.3, 0.4) is 0 Å². The first kappa shape index (κ1) is 39.4. The fraction of sp³-hybridized carbons (Fsp3) is 0.611. The number of ether oxygens (including phenoxy) is 2. The van der Waals surface area contributed by atoms with Crippen LogP contribution in [-0.2, 0) is 24.1 Å². The van der Waals surface area contributed by atoms with Gasteiger partial charge in [-0.2, -0.15) is 5.26 Å². The third kappa shape index (κ3) is 9.14. The lowest BCUT2D eigenvalue weighted by molar-refractivity contribution is -0.157. The van der Waals surface area contributed by atoms with Crippen LogP contribution in [-0.4, -0.2) is 51.8 Å². The maximum absolute atomic E-state index is 16.0. The van der Waals surface area contributed by atoms with Gasteiger partial charge in [-0.25, -0.2) is 8.78 Å². The van der Waals surface area contributed by atoms with Gasteiger partial charge in [-0.05, 0) is 80.9 Å². The average Bonchev–Trinajstić information content (AvgIpc) is 3.24. The van der Waals surface area contributed by atoms with Crippen molar-refractivity contribution in [1.82, 2.24) is 5.32 Å². The van der Waals surface area contributed by atoms with Gasteiger partial charge in [0.2, 0.25) is 0 Å². The van der Waals surface area contributed by atoms with Crippen molar-refractivity contribution in [2.24, 2.45) is 5.41 Å². The second-order valence-corrected chi connectivity index (χ2v) is 21.4. The zero-order valence-electron chi connectivity index (χ0n) is 29.3. The third-order valence-corrected chi connectivity index (χ3v) is 14.5. The quantitative estimate of drug-likeness (QED) is 0.134. The van der Waals surface area contributed by atoms with Crippen molar-refractivity contribution in [3.8, 4) is 6.07 Å². The van der Waals surface area contributed by atoms with Gasteiger partial charge in [0, 0.05) is 29.2 Å². The molecule has 1 saturated heterocycles. The second kappa shape index (κ2) is 14.8. The normalized spacial score (nSPS) is 22.3. The first-order chi connectivity index (χ1) is 21.6. The number of nitrogens with zero attached hydrogens (tertiary/aromatic N) is 1. The molecule has 1 N–H and O–H groups in total. The molecule has 47 heavy (non-hydrogen) atoms. The Kier molecular flexibility index (Phi) is 12.4. The highest BCUT2D eigenvalue weighted by atomic mass is 35.5. The lowest BCUT2D eigenvalue weighted by atomic mass is 9.62. The maximum atomic E-state index is 16.0. The highest BCUT2D eigenvalue weighted by Gasteiger charge is 2.62. The number of rotatable bonds is 12. The van der Waals surface area contributed by atoms with Crippen molar-refractivity contribution in [2.45, 2.75) is 115 Å². The van der Waals surface area contributed by atoms with E-state index in [4.69, 9.17) is 37.1 Å². The minimum Gasteiger partial charge on any atom is -0.459 e. The fourth-order valence-corrected chi connectivity index (χ4v) is 7.33. The van der Waals surface area contributed by atoms with Gasteiger partial charge in [0.15, 0.2) is 8.32 Å². The van der Waals surface area contributed by atoms with Crippen LogP contribution < -0.4 is 5.32 Å². The summed E-state index contributed by atoms with van der Waals surface area (Å²) in [5.41, 5.74) is -3.06. The van der Waals surface area contributed by atoms with Gasteiger partial charge in [-0.1, -0.05) is 76.0 Å². The Bertz CT molecular complexity index is 1470. The van der Waals surface area contributed by atoms with Crippen molar-refractivity contribution in [1.29, 1.82) is 5.26 Å². The van der Waals surface area contributed by atoms with Crippen molar-refractivity contribution < 1.29 is 27.5 Å². The Labute approximate surface area is 290 Å². The van der Waals surface area contributed by atoms with Crippen LogP contribution in [0.25, 0.3) is 0 Å². The highest BCUT2D eigenvalue weighted by molar-refractivity contribution is 6.74. The molecule has 1 heterocycles. The van der Waals surface area contributed by atoms with Crippen LogP contribution in [0, 0.1) is 28.4 Å². The van der Waals surface area contributed by atoms with E-state index < -0.39 is 60.4 Å². The second-order valence-electron chi connectivity index (χ2n) is 15.8. The highest BCUT2D eigenvalue weighted by Crippen LogP contribution is 2.53. The van der Waals surface area contributed by atoms with Gasteiger partial charge in [0.1, 0.15) is 28.7 Å². The molecule has 1 aliphatic rings. The lowest BCUT2D eigenvalue weighted by Gasteiger charge is -2.38. The van der Waals surface area contributed by atoms with E-state index in [9.17, 15) is 10.1 Å². The maximum Gasteiger partial charge on any atom is 0.324 e. The first-order valence-corrected chi connectivity index (χ1v) is 19.7. The molecule has 4 atom stereocenters. The summed E-state index contributed by atoms with van der Waals surface area (Å²) in [5.74, 6) is -3.38. The third-order valence-electron chi connectivity index (χ3n) is 9.47. The number of benzene rings is 2. The van der Waals surface area contributed by atoms with Crippen LogP contribution in [0.5, 0.6) is 0 Å². The molecule has 1 aliphatic heterocycles. The van der Waals surface area contributed by atoms with Crippen LogP contribution in [0.1, 0.15) is 85.3 Å². The molecule has 0 aliphatic carbocycles. The predicted octanol–water partition coefficient (Wildman–Crippen LogP) is 9.34. The number of carbonyl (C=O) groups excluding carboxylic acids is 1. The number of halogens is 4. The molecule has 1 fully saturated rings. The SMILES string of the molecule is CC(C)(CCOCCO[Si](C)(C)C(C)(C)C)C[C@@H]1N[C@@H](C(=O)OC(C)(C)C)[C@H](c2cccc(Cl)c2F)[C@@]1(C#N)c1ccc(Cl)cc1F. The van der Waals surface area contributed by atoms with Crippen molar-refractivity contribution >= 4 is 37.5 Å². The molecule has 260 valence electrons. The summed E-state index contributed by atoms with van der Waals surface area (Å²) < 4.78 is 49.8. The van der Waals surface area contributed by atoms with Gasteiger partial charge in [0.05, 0.1) is 24.3 Å². The van der Waals surface area contributed by atoms with Crippen LogP contribution >= 0.6 is 23.2 Å². The summed E-state index contributed by atoms with van der Waals surface area (Å²) in [5, 5.41) is 14.5. The van der Waals surface area contributed by atoms with Crippen molar-refractivity contribution in [3.05, 3.63) is 69.2 Å². The van der Waals surface area contributed by atoms with E-state index in [-0.39, 0.29) is 26.2 Å². The number of nitrogens with one attached hydrogen (secondary N) is 1. The molecule has 0 saturated carbocycles. The Hall–Kier alpha value is -2.06. The van der Waals surface area contributed by atoms with E-state index >= 15 is 8.78 Å². The van der Waals surface area contributed by atoms with Crippen LogP contribution in [0.2, 0.25) is 28.2 Å². The molecular weight excluding hydrogens is 661 g/mol. The van der Waals surface area contributed by atoms with Crippen LogP contribution in [0.15, 0.2) is 36.4 Å². The van der Waals surface area contributed by atoms with E-state index in [1.807, 2.05) is 13.8 Å². The summed E-state index contributed by atoms with van der Waals surface area (Å²) in [4.78, 5) is 13.8. The van der Waals surface area contributed by atoms with E-state index in [1.165, 1.54) is 24.3 Å². The monoisotopic (exact) mass is 710 g/mol. The molecule has 0 unspecified atom stereocenters. The lowest BCUT2D eigenvalue weighted by Crippen LogP contribution is -2.45. The molecule has 0 aromatic heterocycles.